The van der Waals surface area contributed by atoms with Gasteiger partial charge in [-0.15, -0.1) is 5.10 Å². The first kappa shape index (κ1) is 15.6. The number of aromatic nitrogens is 3. The Kier molecular flexibility index (Phi) is 4.67. The fraction of sp³-hybridized carbons (Fsp3) is 0.467. The van der Waals surface area contributed by atoms with Gasteiger partial charge in [-0.05, 0) is 24.0 Å². The van der Waals surface area contributed by atoms with Crippen molar-refractivity contribution in [3.63, 3.8) is 0 Å². The average Bonchev–Trinajstić information content (AvgIpc) is 2.94. The standard InChI is InChI=1S/C15H19N3O2S/c1-5-6-20-11-7-10(8-16-9-11)12(19)13-14(15(2,3)4)17-18-21-13/h7-9H,5-6H2,1-4H3. The van der Waals surface area contributed by atoms with Crippen molar-refractivity contribution in [3.05, 3.63) is 34.6 Å². The van der Waals surface area contributed by atoms with Crippen molar-refractivity contribution in [1.29, 1.82) is 0 Å². The second kappa shape index (κ2) is 6.30. The number of hydrogen-bond acceptors (Lipinski definition) is 6. The third kappa shape index (κ3) is 3.64. The van der Waals surface area contributed by atoms with Crippen molar-refractivity contribution in [1.82, 2.24) is 14.6 Å². The van der Waals surface area contributed by atoms with Crippen LogP contribution in [-0.4, -0.2) is 27.0 Å². The summed E-state index contributed by atoms with van der Waals surface area (Å²) in [5, 5.41) is 4.10. The van der Waals surface area contributed by atoms with E-state index in [2.05, 4.69) is 14.6 Å². The number of hydrogen-bond donors (Lipinski definition) is 0. The van der Waals surface area contributed by atoms with Gasteiger partial charge in [-0.25, -0.2) is 0 Å². The molecule has 0 aromatic carbocycles. The molecular weight excluding hydrogens is 286 g/mol. The molecule has 0 aliphatic heterocycles. The lowest BCUT2D eigenvalue weighted by Gasteiger charge is -2.15. The summed E-state index contributed by atoms with van der Waals surface area (Å²) in [6.45, 7) is 8.67. The Morgan fingerprint density at radius 3 is 2.76 bits per heavy atom. The maximum atomic E-state index is 12.6. The summed E-state index contributed by atoms with van der Waals surface area (Å²) in [7, 11) is 0. The van der Waals surface area contributed by atoms with Crippen molar-refractivity contribution >= 4 is 17.3 Å². The maximum Gasteiger partial charge on any atom is 0.208 e. The van der Waals surface area contributed by atoms with Gasteiger partial charge in [0, 0.05) is 17.2 Å². The van der Waals surface area contributed by atoms with Gasteiger partial charge in [-0.3, -0.25) is 9.78 Å². The second-order valence-electron chi connectivity index (χ2n) is 5.79. The van der Waals surface area contributed by atoms with Gasteiger partial charge < -0.3 is 4.74 Å². The molecule has 0 saturated heterocycles. The van der Waals surface area contributed by atoms with Gasteiger partial charge in [0.2, 0.25) is 5.78 Å². The van der Waals surface area contributed by atoms with Crippen molar-refractivity contribution in [2.24, 2.45) is 0 Å². The predicted octanol–water partition coefficient (Wildman–Crippen LogP) is 3.25. The molecule has 2 aromatic rings. The summed E-state index contributed by atoms with van der Waals surface area (Å²) in [4.78, 5) is 17.3. The van der Waals surface area contributed by atoms with E-state index < -0.39 is 0 Å². The van der Waals surface area contributed by atoms with E-state index in [1.165, 1.54) is 0 Å². The lowest BCUT2D eigenvalue weighted by Crippen LogP contribution is -2.16. The normalized spacial score (nSPS) is 11.4. The number of carbonyl (C=O) groups excluding carboxylic acids is 1. The highest BCUT2D eigenvalue weighted by Crippen LogP contribution is 2.28. The first-order valence-corrected chi connectivity index (χ1v) is 7.66. The van der Waals surface area contributed by atoms with Gasteiger partial charge in [-0.2, -0.15) is 0 Å². The molecule has 0 unspecified atom stereocenters. The lowest BCUT2D eigenvalue weighted by atomic mass is 9.90. The molecule has 0 amide bonds. The molecule has 0 radical (unpaired) electrons. The third-order valence-electron chi connectivity index (χ3n) is 2.85. The van der Waals surface area contributed by atoms with Crippen LogP contribution in [0, 0.1) is 0 Å². The Bertz CT molecular complexity index is 632. The van der Waals surface area contributed by atoms with E-state index in [9.17, 15) is 4.79 Å². The molecule has 0 atom stereocenters. The summed E-state index contributed by atoms with van der Waals surface area (Å²) >= 11 is 1.12. The SMILES string of the molecule is CCCOc1cncc(C(=O)c2snnc2C(C)(C)C)c1. The Labute approximate surface area is 128 Å². The average molecular weight is 305 g/mol. The summed E-state index contributed by atoms with van der Waals surface area (Å²) in [5.41, 5.74) is 0.999. The number of nitrogens with zero attached hydrogens (tertiary/aromatic N) is 3. The topological polar surface area (TPSA) is 65.0 Å². The van der Waals surface area contributed by atoms with E-state index in [1.807, 2.05) is 27.7 Å². The van der Waals surface area contributed by atoms with Crippen LogP contribution in [0.1, 0.15) is 55.0 Å². The molecule has 0 aliphatic rings. The molecule has 2 heterocycles. The largest absolute Gasteiger partial charge is 0.492 e. The van der Waals surface area contributed by atoms with Crippen LogP contribution in [0.15, 0.2) is 18.5 Å². The van der Waals surface area contributed by atoms with Crippen molar-refractivity contribution < 1.29 is 9.53 Å². The van der Waals surface area contributed by atoms with Crippen LogP contribution < -0.4 is 4.74 Å². The van der Waals surface area contributed by atoms with Gasteiger partial charge in [-0.1, -0.05) is 32.2 Å². The van der Waals surface area contributed by atoms with Crippen LogP contribution >= 0.6 is 11.5 Å². The number of pyridine rings is 1. The second-order valence-corrected chi connectivity index (χ2v) is 6.54. The van der Waals surface area contributed by atoms with Crippen LogP contribution in [0.4, 0.5) is 0 Å². The number of ether oxygens (including phenoxy) is 1. The van der Waals surface area contributed by atoms with Crippen LogP contribution in [0.5, 0.6) is 5.75 Å². The molecule has 2 aromatic heterocycles. The molecule has 0 bridgehead atoms. The Morgan fingerprint density at radius 2 is 2.10 bits per heavy atom. The smallest absolute Gasteiger partial charge is 0.208 e. The van der Waals surface area contributed by atoms with E-state index in [0.717, 1.165) is 23.6 Å². The van der Waals surface area contributed by atoms with Gasteiger partial charge in [0.05, 0.1) is 18.5 Å². The predicted molar refractivity (Wildman–Crippen MR) is 82.1 cm³/mol. The Balaban J connectivity index is 2.31. The van der Waals surface area contributed by atoms with Crippen LogP contribution in [0.3, 0.4) is 0 Å². The monoisotopic (exact) mass is 305 g/mol. The molecule has 6 heteroatoms. The maximum absolute atomic E-state index is 12.6. The highest BCUT2D eigenvalue weighted by Gasteiger charge is 2.27. The zero-order chi connectivity index (χ0) is 15.5. The van der Waals surface area contributed by atoms with Crippen LogP contribution in [-0.2, 0) is 5.41 Å². The van der Waals surface area contributed by atoms with Crippen LogP contribution in [0.2, 0.25) is 0 Å². The zero-order valence-corrected chi connectivity index (χ0v) is 13.5. The molecule has 112 valence electrons. The Hall–Kier alpha value is -1.82. The third-order valence-corrected chi connectivity index (χ3v) is 3.58. The van der Waals surface area contributed by atoms with Crippen molar-refractivity contribution in [3.8, 4) is 5.75 Å². The van der Waals surface area contributed by atoms with Gasteiger partial charge >= 0.3 is 0 Å². The van der Waals surface area contributed by atoms with E-state index in [4.69, 9.17) is 4.74 Å². The van der Waals surface area contributed by atoms with Gasteiger partial charge in [0.25, 0.3) is 0 Å². The van der Waals surface area contributed by atoms with E-state index >= 15 is 0 Å². The molecular formula is C15H19N3O2S. The first-order chi connectivity index (χ1) is 9.93. The summed E-state index contributed by atoms with van der Waals surface area (Å²) in [5.74, 6) is 0.502. The molecule has 0 saturated carbocycles. The van der Waals surface area contributed by atoms with E-state index in [1.54, 1.807) is 18.5 Å². The van der Waals surface area contributed by atoms with Crippen molar-refractivity contribution in [2.75, 3.05) is 6.61 Å². The summed E-state index contributed by atoms with van der Waals surface area (Å²) < 4.78 is 9.44. The van der Waals surface area contributed by atoms with E-state index in [-0.39, 0.29) is 11.2 Å². The molecule has 0 N–H and O–H groups in total. The molecule has 0 spiro atoms. The van der Waals surface area contributed by atoms with Crippen LogP contribution in [0.25, 0.3) is 0 Å². The fourth-order valence-electron chi connectivity index (χ4n) is 1.80. The molecule has 5 nitrogen and oxygen atoms in total. The quantitative estimate of drug-likeness (QED) is 0.793. The number of carbonyl (C=O) groups is 1. The highest BCUT2D eigenvalue weighted by atomic mass is 32.1. The minimum Gasteiger partial charge on any atom is -0.492 e. The molecule has 0 aliphatic carbocycles. The summed E-state index contributed by atoms with van der Waals surface area (Å²) in [6.07, 6.45) is 4.07. The lowest BCUT2D eigenvalue weighted by molar-refractivity contribution is 0.103. The number of rotatable bonds is 5. The molecule has 0 fully saturated rings. The first-order valence-electron chi connectivity index (χ1n) is 6.89. The Morgan fingerprint density at radius 1 is 1.33 bits per heavy atom. The zero-order valence-electron chi connectivity index (χ0n) is 12.7. The highest BCUT2D eigenvalue weighted by molar-refractivity contribution is 7.08. The van der Waals surface area contributed by atoms with Gasteiger partial charge in [0.1, 0.15) is 10.6 Å². The fourth-order valence-corrected chi connectivity index (χ4v) is 2.64. The minimum absolute atomic E-state index is 0.107. The minimum atomic E-state index is -0.220. The summed E-state index contributed by atoms with van der Waals surface area (Å²) in [6, 6.07) is 1.72. The molecule has 2 rings (SSSR count). The van der Waals surface area contributed by atoms with E-state index in [0.29, 0.717) is 22.8 Å². The van der Waals surface area contributed by atoms with Gasteiger partial charge in [0.15, 0.2) is 0 Å². The molecule has 21 heavy (non-hydrogen) atoms. The number of ketones is 1. The van der Waals surface area contributed by atoms with Crippen molar-refractivity contribution in [2.45, 2.75) is 39.5 Å².